The Labute approximate surface area is 115 Å². The molecule has 106 valence electrons. The molecule has 0 spiro atoms. The Bertz CT molecular complexity index is 430. The first-order chi connectivity index (χ1) is 8.92. The van der Waals surface area contributed by atoms with E-state index in [0.717, 1.165) is 11.3 Å². The average molecular weight is 264 g/mol. The molecule has 1 unspecified atom stereocenters. The summed E-state index contributed by atoms with van der Waals surface area (Å²) in [7, 11) is 3.33. The van der Waals surface area contributed by atoms with Crippen LogP contribution in [0.1, 0.15) is 32.4 Å². The van der Waals surface area contributed by atoms with E-state index in [1.54, 1.807) is 14.2 Å². The Morgan fingerprint density at radius 3 is 2.58 bits per heavy atom. The van der Waals surface area contributed by atoms with Crippen LogP contribution in [-0.4, -0.2) is 26.6 Å². The highest BCUT2D eigenvalue weighted by molar-refractivity contribution is 5.81. The van der Waals surface area contributed by atoms with E-state index in [1.807, 2.05) is 38.1 Å². The Morgan fingerprint density at radius 1 is 1.37 bits per heavy atom. The fourth-order valence-electron chi connectivity index (χ4n) is 1.96. The van der Waals surface area contributed by atoms with Gasteiger partial charge >= 0.3 is 0 Å². The molecule has 4 heteroatoms. The molecule has 0 aliphatic heterocycles. The highest BCUT2D eigenvalue weighted by Gasteiger charge is 2.27. The molecule has 0 heterocycles. The number of benzene rings is 1. The molecule has 1 aromatic carbocycles. The van der Waals surface area contributed by atoms with Crippen molar-refractivity contribution in [3.63, 3.8) is 0 Å². The van der Waals surface area contributed by atoms with E-state index in [1.165, 1.54) is 0 Å². The zero-order chi connectivity index (χ0) is 14.5. The van der Waals surface area contributed by atoms with Gasteiger partial charge in [-0.1, -0.05) is 18.2 Å². The molecule has 0 bridgehead atoms. The summed E-state index contributed by atoms with van der Waals surface area (Å²) < 4.78 is 5.35. The number of hydrogen-bond donors (Lipinski definition) is 2. The van der Waals surface area contributed by atoms with Crippen molar-refractivity contribution in [1.29, 1.82) is 0 Å². The fourth-order valence-corrected chi connectivity index (χ4v) is 1.96. The maximum Gasteiger partial charge on any atom is 0.226 e. The third-order valence-electron chi connectivity index (χ3n) is 3.30. The predicted molar refractivity (Wildman–Crippen MR) is 77.3 cm³/mol. The first-order valence-electron chi connectivity index (χ1n) is 6.51. The average Bonchev–Trinajstić information content (AvgIpc) is 2.43. The molecule has 0 aromatic heterocycles. The van der Waals surface area contributed by atoms with E-state index in [2.05, 4.69) is 17.6 Å². The molecular weight excluding hydrogens is 240 g/mol. The number of hydrogen-bond acceptors (Lipinski definition) is 3. The minimum absolute atomic E-state index is 0.0345. The van der Waals surface area contributed by atoms with Gasteiger partial charge in [0.05, 0.1) is 12.5 Å². The summed E-state index contributed by atoms with van der Waals surface area (Å²) in [6, 6.07) is 8.03. The van der Waals surface area contributed by atoms with Gasteiger partial charge in [-0.3, -0.25) is 4.79 Å². The third-order valence-corrected chi connectivity index (χ3v) is 3.30. The summed E-state index contributed by atoms with van der Waals surface area (Å²) in [5.74, 6) is 0.896. The van der Waals surface area contributed by atoms with E-state index in [0.29, 0.717) is 6.54 Å². The van der Waals surface area contributed by atoms with Crippen molar-refractivity contribution < 1.29 is 9.53 Å². The lowest BCUT2D eigenvalue weighted by Crippen LogP contribution is -2.42. The number of ether oxygens (including phenoxy) is 1. The second-order valence-electron chi connectivity index (χ2n) is 5.31. The number of rotatable bonds is 6. The topological polar surface area (TPSA) is 50.4 Å². The largest absolute Gasteiger partial charge is 0.496 e. The normalized spacial score (nSPS) is 12.9. The first-order valence-corrected chi connectivity index (χ1v) is 6.51. The Balaban J connectivity index is 2.70. The summed E-state index contributed by atoms with van der Waals surface area (Å²) >= 11 is 0. The van der Waals surface area contributed by atoms with Crippen molar-refractivity contribution in [2.45, 2.75) is 26.8 Å². The predicted octanol–water partition coefficient (Wildman–Crippen LogP) is 2.12. The van der Waals surface area contributed by atoms with Crippen molar-refractivity contribution in [2.75, 3.05) is 20.7 Å². The summed E-state index contributed by atoms with van der Waals surface area (Å²) in [4.78, 5) is 11.7. The van der Waals surface area contributed by atoms with E-state index in [4.69, 9.17) is 4.74 Å². The molecule has 0 saturated carbocycles. The van der Waals surface area contributed by atoms with Crippen LogP contribution < -0.4 is 15.4 Å². The maximum absolute atomic E-state index is 11.7. The van der Waals surface area contributed by atoms with Crippen molar-refractivity contribution in [1.82, 2.24) is 10.6 Å². The fraction of sp³-hybridized carbons (Fsp3) is 0.533. The van der Waals surface area contributed by atoms with Crippen LogP contribution >= 0.6 is 0 Å². The highest BCUT2D eigenvalue weighted by Crippen LogP contribution is 2.25. The molecule has 1 amide bonds. The van der Waals surface area contributed by atoms with Gasteiger partial charge in [0.15, 0.2) is 0 Å². The Hall–Kier alpha value is -1.55. The van der Waals surface area contributed by atoms with Gasteiger partial charge in [-0.15, -0.1) is 0 Å². The molecule has 1 rings (SSSR count). The van der Waals surface area contributed by atoms with Gasteiger partial charge in [0.2, 0.25) is 5.91 Å². The van der Waals surface area contributed by atoms with Crippen LogP contribution in [0.4, 0.5) is 0 Å². The Kier molecular flexibility index (Phi) is 5.36. The molecular formula is C15H24N2O2. The van der Waals surface area contributed by atoms with Gasteiger partial charge in [0.25, 0.3) is 0 Å². The second kappa shape index (κ2) is 6.57. The lowest BCUT2D eigenvalue weighted by atomic mass is 9.91. The van der Waals surface area contributed by atoms with Gasteiger partial charge in [0.1, 0.15) is 5.75 Å². The van der Waals surface area contributed by atoms with Crippen LogP contribution in [0.25, 0.3) is 0 Å². The standard InChI is InChI=1S/C15H24N2O2/c1-11(12-8-6-7-9-13(12)19-5)17-10-15(2,3)14(18)16-4/h6-9,11,17H,10H2,1-5H3,(H,16,18). The Morgan fingerprint density at radius 2 is 2.00 bits per heavy atom. The summed E-state index contributed by atoms with van der Waals surface area (Å²) in [5, 5.41) is 6.08. The third kappa shape index (κ3) is 3.96. The lowest BCUT2D eigenvalue weighted by Gasteiger charge is -2.26. The van der Waals surface area contributed by atoms with Crippen LogP contribution in [0.15, 0.2) is 24.3 Å². The zero-order valence-corrected chi connectivity index (χ0v) is 12.4. The van der Waals surface area contributed by atoms with Crippen LogP contribution in [0.5, 0.6) is 5.75 Å². The van der Waals surface area contributed by atoms with Crippen LogP contribution in [0, 0.1) is 5.41 Å². The van der Waals surface area contributed by atoms with E-state index >= 15 is 0 Å². The van der Waals surface area contributed by atoms with Crippen molar-refractivity contribution in [3.8, 4) is 5.75 Å². The molecule has 0 saturated heterocycles. The summed E-state index contributed by atoms with van der Waals surface area (Å²) in [6.45, 7) is 6.52. The molecule has 1 aromatic rings. The number of nitrogens with one attached hydrogen (secondary N) is 2. The van der Waals surface area contributed by atoms with E-state index in [9.17, 15) is 4.79 Å². The number of carbonyl (C=O) groups excluding carboxylic acids is 1. The van der Waals surface area contributed by atoms with Crippen LogP contribution in [-0.2, 0) is 4.79 Å². The van der Waals surface area contributed by atoms with E-state index in [-0.39, 0.29) is 11.9 Å². The molecule has 0 radical (unpaired) electrons. The summed E-state index contributed by atoms with van der Waals surface area (Å²) in [5.41, 5.74) is 0.656. The van der Waals surface area contributed by atoms with Gasteiger partial charge in [-0.2, -0.15) is 0 Å². The van der Waals surface area contributed by atoms with Crippen molar-refractivity contribution >= 4 is 5.91 Å². The minimum atomic E-state index is -0.439. The van der Waals surface area contributed by atoms with Crippen molar-refractivity contribution in [3.05, 3.63) is 29.8 Å². The van der Waals surface area contributed by atoms with Crippen molar-refractivity contribution in [2.24, 2.45) is 5.41 Å². The molecule has 0 aliphatic carbocycles. The molecule has 19 heavy (non-hydrogen) atoms. The van der Waals surface area contributed by atoms with Gasteiger partial charge in [-0.05, 0) is 26.8 Å². The zero-order valence-electron chi connectivity index (χ0n) is 12.4. The molecule has 0 fully saturated rings. The van der Waals surface area contributed by atoms with Gasteiger partial charge < -0.3 is 15.4 Å². The van der Waals surface area contributed by atoms with Gasteiger partial charge in [-0.25, -0.2) is 0 Å². The molecule has 4 nitrogen and oxygen atoms in total. The SMILES string of the molecule is CNC(=O)C(C)(C)CNC(C)c1ccccc1OC. The molecule has 0 aliphatic rings. The smallest absolute Gasteiger partial charge is 0.226 e. The minimum Gasteiger partial charge on any atom is -0.496 e. The second-order valence-corrected chi connectivity index (χ2v) is 5.31. The van der Waals surface area contributed by atoms with Crippen LogP contribution in [0.3, 0.4) is 0 Å². The van der Waals surface area contributed by atoms with Crippen LogP contribution in [0.2, 0.25) is 0 Å². The maximum atomic E-state index is 11.7. The lowest BCUT2D eigenvalue weighted by molar-refractivity contribution is -0.128. The summed E-state index contributed by atoms with van der Waals surface area (Å²) in [6.07, 6.45) is 0. The number of carbonyl (C=O) groups is 1. The number of methoxy groups -OCH3 is 1. The van der Waals surface area contributed by atoms with E-state index < -0.39 is 5.41 Å². The quantitative estimate of drug-likeness (QED) is 0.827. The monoisotopic (exact) mass is 264 g/mol. The number of para-hydroxylation sites is 1. The number of amides is 1. The molecule has 1 atom stereocenters. The van der Waals surface area contributed by atoms with Gasteiger partial charge in [0, 0.05) is 25.2 Å². The molecule has 2 N–H and O–H groups in total. The highest BCUT2D eigenvalue weighted by atomic mass is 16.5. The first kappa shape index (κ1) is 15.5.